The van der Waals surface area contributed by atoms with Gasteiger partial charge >= 0.3 is 0 Å². The number of hydrogen-bond acceptors (Lipinski definition) is 6. The van der Waals surface area contributed by atoms with Crippen LogP contribution in [0, 0.1) is 12.7 Å². The molecule has 1 unspecified atom stereocenters. The second-order valence-electron chi connectivity index (χ2n) is 7.87. The van der Waals surface area contributed by atoms with Crippen LogP contribution in [0.25, 0.3) is 11.3 Å². The van der Waals surface area contributed by atoms with Gasteiger partial charge in [-0.2, -0.15) is 5.10 Å². The average molecular weight is 430 g/mol. The van der Waals surface area contributed by atoms with Crippen molar-refractivity contribution in [2.75, 3.05) is 31.1 Å². The summed E-state index contributed by atoms with van der Waals surface area (Å²) < 4.78 is 13.4. The number of rotatable bonds is 5. The van der Waals surface area contributed by atoms with Crippen LogP contribution >= 0.6 is 0 Å². The van der Waals surface area contributed by atoms with Crippen molar-refractivity contribution in [2.45, 2.75) is 13.0 Å². The van der Waals surface area contributed by atoms with Crippen LogP contribution in [0.15, 0.2) is 67.3 Å². The van der Waals surface area contributed by atoms with Gasteiger partial charge in [0.1, 0.15) is 11.5 Å². The Morgan fingerprint density at radius 1 is 0.906 bits per heavy atom. The van der Waals surface area contributed by atoms with Crippen LogP contribution in [-0.4, -0.2) is 56.2 Å². The number of aromatic amines is 1. The Morgan fingerprint density at radius 3 is 2.38 bits per heavy atom. The molecule has 5 rings (SSSR count). The smallest absolute Gasteiger partial charge is 0.155 e. The van der Waals surface area contributed by atoms with Gasteiger partial charge in [-0.15, -0.1) is 0 Å². The Balaban J connectivity index is 1.39. The van der Waals surface area contributed by atoms with E-state index in [1.807, 2.05) is 31.5 Å². The molecule has 1 aliphatic rings. The number of aryl methyl sites for hydroxylation is 1. The molecule has 1 saturated heterocycles. The SMILES string of the molecule is Cc1[nH]ncc1C(c1ccccn1)N1CCN(c2nccnc2-c2ccc(F)cc2)CC1. The van der Waals surface area contributed by atoms with Crippen LogP contribution in [-0.2, 0) is 0 Å². The molecular weight excluding hydrogens is 405 g/mol. The van der Waals surface area contributed by atoms with E-state index in [4.69, 9.17) is 0 Å². The van der Waals surface area contributed by atoms with Crippen molar-refractivity contribution >= 4 is 5.82 Å². The maximum absolute atomic E-state index is 13.4. The molecule has 8 heteroatoms. The predicted molar refractivity (Wildman–Crippen MR) is 121 cm³/mol. The lowest BCUT2D eigenvalue weighted by atomic mass is 10.0. The number of piperazine rings is 1. The molecule has 32 heavy (non-hydrogen) atoms. The number of pyridine rings is 1. The maximum Gasteiger partial charge on any atom is 0.155 e. The van der Waals surface area contributed by atoms with Gasteiger partial charge in [-0.25, -0.2) is 9.37 Å². The molecule has 7 nitrogen and oxygen atoms in total. The third-order valence-corrected chi connectivity index (χ3v) is 5.91. The van der Waals surface area contributed by atoms with Gasteiger partial charge in [-0.3, -0.25) is 20.0 Å². The van der Waals surface area contributed by atoms with Crippen molar-refractivity contribution in [2.24, 2.45) is 0 Å². The molecule has 0 bridgehead atoms. The van der Waals surface area contributed by atoms with Gasteiger partial charge in [0.05, 0.1) is 17.9 Å². The highest BCUT2D eigenvalue weighted by Gasteiger charge is 2.30. The van der Waals surface area contributed by atoms with Crippen LogP contribution in [0.3, 0.4) is 0 Å². The monoisotopic (exact) mass is 429 g/mol. The third kappa shape index (κ3) is 3.97. The van der Waals surface area contributed by atoms with E-state index in [0.717, 1.165) is 60.2 Å². The van der Waals surface area contributed by atoms with E-state index in [1.54, 1.807) is 24.5 Å². The highest BCUT2D eigenvalue weighted by Crippen LogP contribution is 2.32. The molecule has 0 aliphatic carbocycles. The number of benzene rings is 1. The van der Waals surface area contributed by atoms with Crippen molar-refractivity contribution in [1.82, 2.24) is 30.0 Å². The molecular formula is C24H24FN7. The van der Waals surface area contributed by atoms with Gasteiger partial charge in [0.15, 0.2) is 5.82 Å². The first-order chi connectivity index (χ1) is 15.7. The second kappa shape index (κ2) is 8.84. The summed E-state index contributed by atoms with van der Waals surface area (Å²) >= 11 is 0. The minimum atomic E-state index is -0.261. The summed E-state index contributed by atoms with van der Waals surface area (Å²) in [5.74, 6) is 0.565. The fraction of sp³-hybridized carbons (Fsp3) is 0.250. The van der Waals surface area contributed by atoms with Gasteiger partial charge in [-0.1, -0.05) is 6.07 Å². The van der Waals surface area contributed by atoms with Crippen LogP contribution in [0.4, 0.5) is 10.2 Å². The molecule has 1 aromatic carbocycles. The first-order valence-corrected chi connectivity index (χ1v) is 10.7. The predicted octanol–water partition coefficient (Wildman–Crippen LogP) is 3.62. The minimum Gasteiger partial charge on any atom is -0.352 e. The number of nitrogens with zero attached hydrogens (tertiary/aromatic N) is 6. The Morgan fingerprint density at radius 2 is 1.69 bits per heavy atom. The van der Waals surface area contributed by atoms with Crippen LogP contribution < -0.4 is 4.90 Å². The van der Waals surface area contributed by atoms with Crippen molar-refractivity contribution in [1.29, 1.82) is 0 Å². The van der Waals surface area contributed by atoms with Gasteiger partial charge < -0.3 is 4.90 Å². The number of hydrogen-bond donors (Lipinski definition) is 1. The molecule has 0 spiro atoms. The summed E-state index contributed by atoms with van der Waals surface area (Å²) in [6.45, 7) is 5.32. The summed E-state index contributed by atoms with van der Waals surface area (Å²) in [4.78, 5) is 18.5. The molecule has 3 aromatic heterocycles. The summed E-state index contributed by atoms with van der Waals surface area (Å²) in [5.41, 5.74) is 4.83. The molecule has 0 amide bonds. The quantitative estimate of drug-likeness (QED) is 0.522. The molecule has 4 heterocycles. The molecule has 0 saturated carbocycles. The van der Waals surface area contributed by atoms with E-state index < -0.39 is 0 Å². The van der Waals surface area contributed by atoms with E-state index in [9.17, 15) is 4.39 Å². The fourth-order valence-electron chi connectivity index (χ4n) is 4.28. The van der Waals surface area contributed by atoms with E-state index in [0.29, 0.717) is 0 Å². The first-order valence-electron chi connectivity index (χ1n) is 10.7. The van der Waals surface area contributed by atoms with Crippen LogP contribution in [0.5, 0.6) is 0 Å². The maximum atomic E-state index is 13.4. The number of halogens is 1. The zero-order valence-corrected chi connectivity index (χ0v) is 17.8. The number of nitrogens with one attached hydrogen (secondary N) is 1. The fourth-order valence-corrected chi connectivity index (χ4v) is 4.28. The third-order valence-electron chi connectivity index (χ3n) is 5.91. The lowest BCUT2D eigenvalue weighted by molar-refractivity contribution is 0.208. The number of H-pyrrole nitrogens is 1. The zero-order chi connectivity index (χ0) is 21.9. The summed E-state index contributed by atoms with van der Waals surface area (Å²) in [6, 6.07) is 12.5. The van der Waals surface area contributed by atoms with Crippen molar-refractivity contribution < 1.29 is 4.39 Å². The van der Waals surface area contributed by atoms with E-state index in [2.05, 4.69) is 41.0 Å². The summed E-state index contributed by atoms with van der Waals surface area (Å²) in [7, 11) is 0. The van der Waals surface area contributed by atoms with E-state index in [-0.39, 0.29) is 11.9 Å². The van der Waals surface area contributed by atoms with Crippen LogP contribution in [0.1, 0.15) is 23.0 Å². The van der Waals surface area contributed by atoms with Gasteiger partial charge in [0.25, 0.3) is 0 Å². The second-order valence-corrected chi connectivity index (χ2v) is 7.87. The van der Waals surface area contributed by atoms with Crippen molar-refractivity contribution in [3.8, 4) is 11.3 Å². The summed E-state index contributed by atoms with van der Waals surface area (Å²) in [5, 5.41) is 7.30. The van der Waals surface area contributed by atoms with Gasteiger partial charge in [0, 0.05) is 61.6 Å². The Kier molecular flexibility index (Phi) is 5.60. The zero-order valence-electron chi connectivity index (χ0n) is 17.8. The van der Waals surface area contributed by atoms with E-state index in [1.165, 1.54) is 12.1 Å². The molecule has 0 radical (unpaired) electrons. The molecule has 1 atom stereocenters. The lowest BCUT2D eigenvalue weighted by Crippen LogP contribution is -2.48. The van der Waals surface area contributed by atoms with Gasteiger partial charge in [-0.05, 0) is 43.3 Å². The molecule has 1 N–H and O–H groups in total. The van der Waals surface area contributed by atoms with E-state index >= 15 is 0 Å². The summed E-state index contributed by atoms with van der Waals surface area (Å²) in [6.07, 6.45) is 7.12. The Bertz CT molecular complexity index is 1170. The minimum absolute atomic E-state index is 0.0375. The van der Waals surface area contributed by atoms with Crippen molar-refractivity contribution in [3.05, 3.63) is 90.0 Å². The normalized spacial score (nSPS) is 15.6. The Labute approximate surface area is 186 Å². The molecule has 4 aromatic rings. The molecule has 1 aliphatic heterocycles. The highest BCUT2D eigenvalue weighted by molar-refractivity contribution is 5.72. The standard InChI is InChI=1S/C24H24FN7/c1-17-20(16-29-30-17)23(21-4-2-3-9-26-21)31-12-14-32(15-13-31)24-22(27-10-11-28-24)18-5-7-19(25)8-6-18/h2-11,16,23H,12-15H2,1H3,(H,29,30). The number of anilines is 1. The molecule has 162 valence electrons. The topological polar surface area (TPSA) is 73.8 Å². The largest absolute Gasteiger partial charge is 0.352 e. The lowest BCUT2D eigenvalue weighted by Gasteiger charge is -2.39. The average Bonchev–Trinajstić information content (AvgIpc) is 3.26. The van der Waals surface area contributed by atoms with Gasteiger partial charge in [0.2, 0.25) is 0 Å². The first kappa shape index (κ1) is 20.3. The highest BCUT2D eigenvalue weighted by atomic mass is 19.1. The molecule has 1 fully saturated rings. The van der Waals surface area contributed by atoms with Crippen LogP contribution in [0.2, 0.25) is 0 Å². The number of aromatic nitrogens is 5. The van der Waals surface area contributed by atoms with Crippen molar-refractivity contribution in [3.63, 3.8) is 0 Å². The Hall–Kier alpha value is -3.65.